The molecule has 2 rings (SSSR count). The first-order valence-electron chi connectivity index (χ1n) is 6.28. The maximum atomic E-state index is 6.12. The summed E-state index contributed by atoms with van der Waals surface area (Å²) in [6, 6.07) is 12.2. The quantitative estimate of drug-likeness (QED) is 0.874. The van der Waals surface area contributed by atoms with E-state index in [0.717, 1.165) is 28.2 Å². The van der Waals surface area contributed by atoms with Crippen LogP contribution in [0.1, 0.15) is 24.2 Å². The number of nitrogens with one attached hydrogen (secondary N) is 1. The zero-order chi connectivity index (χ0) is 13.7. The smallest absolute Gasteiger partial charge is 0.0422 e. The van der Waals surface area contributed by atoms with Crippen molar-refractivity contribution in [2.24, 2.45) is 0 Å². The van der Waals surface area contributed by atoms with E-state index in [0.29, 0.717) is 0 Å². The molecule has 0 aliphatic rings. The molecule has 0 aliphatic heterocycles. The molecule has 0 aliphatic carbocycles. The fourth-order valence-electron chi connectivity index (χ4n) is 2.06. The minimum Gasteiger partial charge on any atom is -0.310 e. The summed E-state index contributed by atoms with van der Waals surface area (Å²) in [4.78, 5) is 4.39. The number of halogens is 2. The normalized spacial score (nSPS) is 12.4. The largest absolute Gasteiger partial charge is 0.310 e. The second kappa shape index (κ2) is 7.04. The van der Waals surface area contributed by atoms with Gasteiger partial charge in [-0.3, -0.25) is 4.98 Å². The van der Waals surface area contributed by atoms with E-state index < -0.39 is 0 Å². The van der Waals surface area contributed by atoms with Crippen LogP contribution >= 0.6 is 27.5 Å². The zero-order valence-electron chi connectivity index (χ0n) is 10.7. The van der Waals surface area contributed by atoms with Gasteiger partial charge in [-0.1, -0.05) is 40.5 Å². The number of likely N-dealkylation sites (N-methyl/N-ethyl adjacent to an activating group) is 1. The minimum absolute atomic E-state index is 0.217. The molecular weight excluding hydrogens is 324 g/mol. The summed E-state index contributed by atoms with van der Waals surface area (Å²) < 4.78 is 0.999. The van der Waals surface area contributed by atoms with Crippen molar-refractivity contribution in [3.8, 4) is 0 Å². The van der Waals surface area contributed by atoms with Gasteiger partial charge in [0, 0.05) is 33.8 Å². The molecule has 1 aromatic heterocycles. The first-order valence-corrected chi connectivity index (χ1v) is 7.45. The predicted octanol–water partition coefficient (Wildman–Crippen LogP) is 4.39. The summed E-state index contributed by atoms with van der Waals surface area (Å²) in [5.41, 5.74) is 2.25. The van der Waals surface area contributed by atoms with Crippen molar-refractivity contribution in [2.45, 2.75) is 19.4 Å². The fourth-order valence-corrected chi connectivity index (χ4v) is 2.94. The van der Waals surface area contributed by atoms with Crippen LogP contribution in [-0.4, -0.2) is 11.5 Å². The van der Waals surface area contributed by atoms with E-state index >= 15 is 0 Å². The summed E-state index contributed by atoms with van der Waals surface area (Å²) >= 11 is 9.61. The van der Waals surface area contributed by atoms with Crippen LogP contribution in [0.3, 0.4) is 0 Å². The molecule has 1 unspecified atom stereocenters. The number of hydrogen-bond donors (Lipinski definition) is 1. The monoisotopic (exact) mass is 338 g/mol. The molecule has 100 valence electrons. The van der Waals surface area contributed by atoms with Crippen LogP contribution in [0.4, 0.5) is 0 Å². The summed E-state index contributed by atoms with van der Waals surface area (Å²) in [6.45, 7) is 3.01. The first kappa shape index (κ1) is 14.5. The fraction of sp³-hybridized carbons (Fsp3) is 0.267. The number of rotatable bonds is 5. The van der Waals surface area contributed by atoms with Crippen molar-refractivity contribution in [1.29, 1.82) is 0 Å². The van der Waals surface area contributed by atoms with Gasteiger partial charge in [-0.15, -0.1) is 0 Å². The Kier molecular flexibility index (Phi) is 5.37. The molecule has 0 spiro atoms. The second-order valence-electron chi connectivity index (χ2n) is 4.34. The molecule has 0 fully saturated rings. The van der Waals surface area contributed by atoms with Gasteiger partial charge in [-0.25, -0.2) is 0 Å². The maximum Gasteiger partial charge on any atom is 0.0422 e. The Balaban J connectivity index is 2.24. The van der Waals surface area contributed by atoms with Crippen LogP contribution in [0.25, 0.3) is 0 Å². The molecular formula is C15H16BrClN2. The van der Waals surface area contributed by atoms with Crippen LogP contribution in [0.5, 0.6) is 0 Å². The molecule has 2 nitrogen and oxygen atoms in total. The summed E-state index contributed by atoms with van der Waals surface area (Å²) in [6.07, 6.45) is 2.67. The van der Waals surface area contributed by atoms with Gasteiger partial charge in [0.25, 0.3) is 0 Å². The van der Waals surface area contributed by atoms with E-state index in [9.17, 15) is 0 Å². The third-order valence-electron chi connectivity index (χ3n) is 2.88. The predicted molar refractivity (Wildman–Crippen MR) is 83.5 cm³/mol. The third-order valence-corrected chi connectivity index (χ3v) is 3.55. The summed E-state index contributed by atoms with van der Waals surface area (Å²) in [5.74, 6) is 0. The third kappa shape index (κ3) is 4.30. The second-order valence-corrected chi connectivity index (χ2v) is 5.69. The zero-order valence-corrected chi connectivity index (χ0v) is 13.1. The Morgan fingerprint density at radius 2 is 2.16 bits per heavy atom. The van der Waals surface area contributed by atoms with E-state index in [1.165, 1.54) is 5.56 Å². The molecule has 1 N–H and O–H groups in total. The van der Waals surface area contributed by atoms with Crippen molar-refractivity contribution in [3.05, 3.63) is 63.3 Å². The van der Waals surface area contributed by atoms with Crippen molar-refractivity contribution in [2.75, 3.05) is 6.54 Å². The Morgan fingerprint density at radius 3 is 2.79 bits per heavy atom. The Labute approximate surface area is 127 Å². The highest BCUT2D eigenvalue weighted by Crippen LogP contribution is 2.25. The van der Waals surface area contributed by atoms with Gasteiger partial charge in [0.15, 0.2) is 0 Å². The molecule has 0 saturated heterocycles. The van der Waals surface area contributed by atoms with Crippen LogP contribution in [0.15, 0.2) is 47.1 Å². The van der Waals surface area contributed by atoms with Crippen molar-refractivity contribution in [3.63, 3.8) is 0 Å². The minimum atomic E-state index is 0.217. The lowest BCUT2D eigenvalue weighted by atomic mass is 10.0. The van der Waals surface area contributed by atoms with Gasteiger partial charge in [-0.05, 0) is 42.4 Å². The van der Waals surface area contributed by atoms with Gasteiger partial charge in [0.1, 0.15) is 0 Å². The molecule has 2 aromatic rings. The standard InChI is InChI=1S/C15H16BrClN2/c1-2-18-15(10-14-5-3-4-6-19-14)11-7-12(16)9-13(17)8-11/h3-9,15,18H,2,10H2,1H3. The van der Waals surface area contributed by atoms with E-state index in [-0.39, 0.29) is 6.04 Å². The number of benzene rings is 1. The van der Waals surface area contributed by atoms with Crippen LogP contribution in [0, 0.1) is 0 Å². The first-order chi connectivity index (χ1) is 9.19. The highest BCUT2D eigenvalue weighted by molar-refractivity contribution is 9.10. The molecule has 0 amide bonds. The van der Waals surface area contributed by atoms with E-state index in [2.05, 4.69) is 39.2 Å². The van der Waals surface area contributed by atoms with E-state index in [1.54, 1.807) is 0 Å². The SMILES string of the molecule is CCNC(Cc1ccccn1)c1cc(Cl)cc(Br)c1. The summed E-state index contributed by atoms with van der Waals surface area (Å²) in [7, 11) is 0. The molecule has 0 bridgehead atoms. The van der Waals surface area contributed by atoms with Crippen molar-refractivity contribution < 1.29 is 0 Å². The molecule has 1 heterocycles. The number of hydrogen-bond acceptors (Lipinski definition) is 2. The van der Waals surface area contributed by atoms with Gasteiger partial charge in [0.05, 0.1) is 0 Å². The molecule has 1 aromatic carbocycles. The summed E-state index contributed by atoms with van der Waals surface area (Å²) in [5, 5.41) is 4.23. The van der Waals surface area contributed by atoms with Crippen LogP contribution in [-0.2, 0) is 6.42 Å². The van der Waals surface area contributed by atoms with Crippen molar-refractivity contribution in [1.82, 2.24) is 10.3 Å². The maximum absolute atomic E-state index is 6.12. The molecule has 0 radical (unpaired) electrons. The Bertz CT molecular complexity index is 511. The Morgan fingerprint density at radius 1 is 1.32 bits per heavy atom. The molecule has 1 atom stereocenters. The average Bonchev–Trinajstić information content (AvgIpc) is 2.38. The van der Waals surface area contributed by atoms with Crippen LogP contribution < -0.4 is 5.32 Å². The highest BCUT2D eigenvalue weighted by Gasteiger charge is 2.13. The number of aromatic nitrogens is 1. The number of pyridine rings is 1. The number of nitrogens with zero attached hydrogens (tertiary/aromatic N) is 1. The van der Waals surface area contributed by atoms with E-state index in [1.807, 2.05) is 36.5 Å². The van der Waals surface area contributed by atoms with Gasteiger partial charge in [0.2, 0.25) is 0 Å². The average molecular weight is 340 g/mol. The van der Waals surface area contributed by atoms with Gasteiger partial charge >= 0.3 is 0 Å². The molecule has 4 heteroatoms. The lowest BCUT2D eigenvalue weighted by Crippen LogP contribution is -2.23. The van der Waals surface area contributed by atoms with Crippen LogP contribution in [0.2, 0.25) is 5.02 Å². The molecule has 0 saturated carbocycles. The lowest BCUT2D eigenvalue weighted by Gasteiger charge is -2.18. The topological polar surface area (TPSA) is 24.9 Å². The van der Waals surface area contributed by atoms with Crippen molar-refractivity contribution >= 4 is 27.5 Å². The molecule has 19 heavy (non-hydrogen) atoms. The van der Waals surface area contributed by atoms with Gasteiger partial charge in [-0.2, -0.15) is 0 Å². The Hall–Kier alpha value is -0.900. The lowest BCUT2D eigenvalue weighted by molar-refractivity contribution is 0.544. The van der Waals surface area contributed by atoms with E-state index in [4.69, 9.17) is 11.6 Å². The highest BCUT2D eigenvalue weighted by atomic mass is 79.9. The van der Waals surface area contributed by atoms with Gasteiger partial charge < -0.3 is 5.32 Å².